The van der Waals surface area contributed by atoms with Crippen LogP contribution in [0, 0.1) is 5.82 Å². The topological polar surface area (TPSA) is 21.3 Å². The van der Waals surface area contributed by atoms with Crippen molar-refractivity contribution in [3.8, 4) is 5.75 Å². The van der Waals surface area contributed by atoms with Crippen molar-refractivity contribution in [1.29, 1.82) is 0 Å². The van der Waals surface area contributed by atoms with Crippen LogP contribution in [0.4, 0.5) is 4.39 Å². The molecule has 0 radical (unpaired) electrons. The number of nitrogens with one attached hydrogen (secondary N) is 1. The minimum Gasteiger partial charge on any atom is -0.490 e. The third kappa shape index (κ3) is 2.95. The molecule has 88 valence electrons. The first-order chi connectivity index (χ1) is 7.78. The molecule has 0 saturated heterocycles. The third-order valence-electron chi connectivity index (χ3n) is 2.98. The van der Waals surface area contributed by atoms with Crippen molar-refractivity contribution in [2.45, 2.75) is 38.3 Å². The summed E-state index contributed by atoms with van der Waals surface area (Å²) in [4.78, 5) is 0. The fraction of sp³-hybridized carbons (Fsp3) is 0.538. The van der Waals surface area contributed by atoms with E-state index in [1.54, 1.807) is 6.07 Å². The van der Waals surface area contributed by atoms with E-state index in [2.05, 4.69) is 12.2 Å². The lowest BCUT2D eigenvalue weighted by atomic mass is 10.2. The van der Waals surface area contributed by atoms with Gasteiger partial charge in [0.05, 0.1) is 0 Å². The lowest BCUT2D eigenvalue weighted by molar-refractivity contribution is 0.205. The van der Waals surface area contributed by atoms with Crippen LogP contribution in [0.1, 0.15) is 26.2 Å². The number of ether oxygens (including phenoxy) is 1. The summed E-state index contributed by atoms with van der Waals surface area (Å²) >= 11 is 0. The molecule has 0 aromatic heterocycles. The lowest BCUT2D eigenvalue weighted by Gasteiger charge is -2.14. The van der Waals surface area contributed by atoms with E-state index < -0.39 is 0 Å². The average Bonchev–Trinajstić information content (AvgIpc) is 2.66. The summed E-state index contributed by atoms with van der Waals surface area (Å²) < 4.78 is 18.7. The minimum atomic E-state index is -0.237. The van der Waals surface area contributed by atoms with Gasteiger partial charge in [-0.25, -0.2) is 4.39 Å². The molecule has 0 bridgehead atoms. The van der Waals surface area contributed by atoms with Crippen molar-refractivity contribution in [3.05, 3.63) is 30.1 Å². The van der Waals surface area contributed by atoms with Crippen LogP contribution in [0.3, 0.4) is 0 Å². The molecular weight excluding hydrogens is 205 g/mol. The summed E-state index contributed by atoms with van der Waals surface area (Å²) in [5, 5.41) is 3.42. The molecule has 1 aromatic carbocycles. The van der Waals surface area contributed by atoms with Crippen LogP contribution in [-0.2, 0) is 0 Å². The molecule has 2 rings (SSSR count). The second-order valence-corrected chi connectivity index (χ2v) is 4.26. The molecule has 3 heteroatoms. The highest BCUT2D eigenvalue weighted by Gasteiger charge is 2.25. The van der Waals surface area contributed by atoms with Crippen LogP contribution >= 0.6 is 0 Å². The number of halogens is 1. The molecule has 2 unspecified atom stereocenters. The Morgan fingerprint density at radius 2 is 2.31 bits per heavy atom. The van der Waals surface area contributed by atoms with Gasteiger partial charge in [-0.3, -0.25) is 0 Å². The van der Waals surface area contributed by atoms with E-state index in [-0.39, 0.29) is 11.9 Å². The molecule has 1 fully saturated rings. The Balaban J connectivity index is 1.87. The predicted octanol–water partition coefficient (Wildman–Crippen LogP) is 2.74. The second-order valence-electron chi connectivity index (χ2n) is 4.26. The molecule has 2 nitrogen and oxygen atoms in total. The van der Waals surface area contributed by atoms with E-state index in [1.807, 2.05) is 6.07 Å². The zero-order valence-corrected chi connectivity index (χ0v) is 9.58. The molecule has 1 aromatic rings. The largest absolute Gasteiger partial charge is 0.490 e. The van der Waals surface area contributed by atoms with E-state index in [0.29, 0.717) is 11.8 Å². The standard InChI is InChI=1S/C13H18FNO/c1-2-15-11-6-7-13(9-11)16-12-5-3-4-10(14)8-12/h3-5,8,11,13,15H,2,6-7,9H2,1H3. The summed E-state index contributed by atoms with van der Waals surface area (Å²) in [6.07, 6.45) is 3.44. The Kier molecular flexibility index (Phi) is 3.78. The Labute approximate surface area is 95.8 Å². The lowest BCUT2D eigenvalue weighted by Crippen LogP contribution is -2.27. The smallest absolute Gasteiger partial charge is 0.126 e. The Morgan fingerprint density at radius 1 is 1.44 bits per heavy atom. The third-order valence-corrected chi connectivity index (χ3v) is 2.98. The van der Waals surface area contributed by atoms with E-state index in [1.165, 1.54) is 12.1 Å². The number of hydrogen-bond donors (Lipinski definition) is 1. The van der Waals surface area contributed by atoms with Gasteiger partial charge in [0.2, 0.25) is 0 Å². The van der Waals surface area contributed by atoms with Gasteiger partial charge in [-0.05, 0) is 37.9 Å². The maximum absolute atomic E-state index is 12.9. The molecule has 0 spiro atoms. The molecule has 1 aliphatic carbocycles. The van der Waals surface area contributed by atoms with E-state index in [9.17, 15) is 4.39 Å². The van der Waals surface area contributed by atoms with Gasteiger partial charge >= 0.3 is 0 Å². The number of benzene rings is 1. The zero-order valence-electron chi connectivity index (χ0n) is 9.58. The Morgan fingerprint density at radius 3 is 3.06 bits per heavy atom. The van der Waals surface area contributed by atoms with Gasteiger partial charge in [0.1, 0.15) is 17.7 Å². The fourth-order valence-electron chi connectivity index (χ4n) is 2.25. The van der Waals surface area contributed by atoms with Crippen molar-refractivity contribution < 1.29 is 9.13 Å². The summed E-state index contributed by atoms with van der Waals surface area (Å²) in [5.74, 6) is 0.404. The normalized spacial score (nSPS) is 24.6. The fourth-order valence-corrected chi connectivity index (χ4v) is 2.25. The quantitative estimate of drug-likeness (QED) is 0.847. The highest BCUT2D eigenvalue weighted by atomic mass is 19.1. The molecule has 1 N–H and O–H groups in total. The van der Waals surface area contributed by atoms with Gasteiger partial charge in [0.15, 0.2) is 0 Å². The molecule has 1 aliphatic rings. The van der Waals surface area contributed by atoms with Crippen molar-refractivity contribution >= 4 is 0 Å². The summed E-state index contributed by atoms with van der Waals surface area (Å²) in [5.41, 5.74) is 0. The molecule has 1 saturated carbocycles. The van der Waals surface area contributed by atoms with Crippen LogP contribution in [0.2, 0.25) is 0 Å². The molecule has 2 atom stereocenters. The minimum absolute atomic E-state index is 0.228. The summed E-state index contributed by atoms with van der Waals surface area (Å²) in [6, 6.07) is 6.93. The van der Waals surface area contributed by atoms with Gasteiger partial charge in [-0.1, -0.05) is 13.0 Å². The summed E-state index contributed by atoms with van der Waals surface area (Å²) in [7, 11) is 0. The maximum atomic E-state index is 12.9. The number of hydrogen-bond acceptors (Lipinski definition) is 2. The van der Waals surface area contributed by atoms with Crippen molar-refractivity contribution in [2.24, 2.45) is 0 Å². The van der Waals surface area contributed by atoms with Gasteiger partial charge < -0.3 is 10.1 Å². The molecule has 0 amide bonds. The number of rotatable bonds is 4. The average molecular weight is 223 g/mol. The van der Waals surface area contributed by atoms with Crippen LogP contribution in [0.25, 0.3) is 0 Å². The SMILES string of the molecule is CCNC1CCC(Oc2cccc(F)c2)C1. The summed E-state index contributed by atoms with van der Waals surface area (Å²) in [6.45, 7) is 3.11. The first kappa shape index (κ1) is 11.4. The van der Waals surface area contributed by atoms with Crippen molar-refractivity contribution in [1.82, 2.24) is 5.32 Å². The van der Waals surface area contributed by atoms with Gasteiger partial charge in [-0.2, -0.15) is 0 Å². The molecule has 16 heavy (non-hydrogen) atoms. The van der Waals surface area contributed by atoms with E-state index in [4.69, 9.17) is 4.74 Å². The van der Waals surface area contributed by atoms with E-state index >= 15 is 0 Å². The van der Waals surface area contributed by atoms with Crippen LogP contribution in [-0.4, -0.2) is 18.7 Å². The Bertz CT molecular complexity index is 342. The molecule has 0 aliphatic heterocycles. The monoisotopic (exact) mass is 223 g/mol. The Hall–Kier alpha value is -1.09. The predicted molar refractivity (Wildman–Crippen MR) is 62.1 cm³/mol. The zero-order chi connectivity index (χ0) is 11.4. The molecular formula is C13H18FNO. The maximum Gasteiger partial charge on any atom is 0.126 e. The first-order valence-corrected chi connectivity index (χ1v) is 5.93. The first-order valence-electron chi connectivity index (χ1n) is 5.93. The van der Waals surface area contributed by atoms with Crippen molar-refractivity contribution in [3.63, 3.8) is 0 Å². The van der Waals surface area contributed by atoms with Crippen LogP contribution < -0.4 is 10.1 Å². The van der Waals surface area contributed by atoms with Gasteiger partial charge in [0.25, 0.3) is 0 Å². The second kappa shape index (κ2) is 5.30. The highest BCUT2D eigenvalue weighted by Crippen LogP contribution is 2.24. The van der Waals surface area contributed by atoms with Gasteiger partial charge in [0, 0.05) is 12.1 Å². The van der Waals surface area contributed by atoms with Gasteiger partial charge in [-0.15, -0.1) is 0 Å². The highest BCUT2D eigenvalue weighted by molar-refractivity contribution is 5.22. The van der Waals surface area contributed by atoms with E-state index in [0.717, 1.165) is 25.8 Å². The molecule has 0 heterocycles. The van der Waals surface area contributed by atoms with Crippen molar-refractivity contribution in [2.75, 3.05) is 6.54 Å². The van der Waals surface area contributed by atoms with Crippen LogP contribution in [0.5, 0.6) is 5.75 Å². The van der Waals surface area contributed by atoms with Crippen LogP contribution in [0.15, 0.2) is 24.3 Å².